The lowest BCUT2D eigenvalue weighted by Gasteiger charge is -2.29. The second-order valence-corrected chi connectivity index (χ2v) is 6.12. The molecular weight excluding hydrogens is 256 g/mol. The molecule has 1 fully saturated rings. The molecular formula is C15H20N2O3. The molecule has 108 valence electrons. The third-order valence-electron chi connectivity index (χ3n) is 3.76. The van der Waals surface area contributed by atoms with E-state index < -0.39 is 5.97 Å². The van der Waals surface area contributed by atoms with Gasteiger partial charge in [-0.3, -0.25) is 10.2 Å². The zero-order chi connectivity index (χ0) is 14.8. The van der Waals surface area contributed by atoms with Crippen LogP contribution in [0.4, 0.5) is 0 Å². The van der Waals surface area contributed by atoms with Crippen molar-refractivity contribution in [2.75, 3.05) is 0 Å². The predicted octanol–water partition coefficient (Wildman–Crippen LogP) is 2.40. The van der Waals surface area contributed by atoms with Gasteiger partial charge >= 0.3 is 5.97 Å². The molecule has 0 bridgehead atoms. The topological polar surface area (TPSA) is 78.8 Å². The Morgan fingerprint density at radius 3 is 2.65 bits per heavy atom. The number of nitrogens with zero attached hydrogens (tertiary/aromatic N) is 1. The number of nitrogens with one attached hydrogen (secondary N) is 1. The third kappa shape index (κ3) is 3.56. The molecule has 5 nitrogen and oxygen atoms in total. The number of rotatable bonds is 3. The molecule has 0 saturated heterocycles. The van der Waals surface area contributed by atoms with Crippen LogP contribution in [0.15, 0.2) is 28.5 Å². The summed E-state index contributed by atoms with van der Waals surface area (Å²) < 4.78 is 0. The van der Waals surface area contributed by atoms with E-state index in [1.165, 1.54) is 0 Å². The average molecular weight is 276 g/mol. The van der Waals surface area contributed by atoms with E-state index in [0.29, 0.717) is 37.0 Å². The molecule has 0 heterocycles. The van der Waals surface area contributed by atoms with Crippen LogP contribution >= 0.6 is 0 Å². The van der Waals surface area contributed by atoms with Crippen LogP contribution in [0.1, 0.15) is 46.0 Å². The van der Waals surface area contributed by atoms with Gasteiger partial charge in [0, 0.05) is 24.1 Å². The first kappa shape index (κ1) is 14.5. The average Bonchev–Trinajstić information content (AvgIpc) is 2.40. The Balaban J connectivity index is 2.02. The van der Waals surface area contributed by atoms with Gasteiger partial charge in [0.2, 0.25) is 0 Å². The maximum Gasteiger partial charge on any atom is 0.331 e. The summed E-state index contributed by atoms with van der Waals surface area (Å²) in [6, 6.07) is 0. The summed E-state index contributed by atoms with van der Waals surface area (Å²) in [5.41, 5.74) is 4.87. The minimum absolute atomic E-state index is 0.106. The Labute approximate surface area is 118 Å². The number of carbonyl (C=O) groups is 2. The Kier molecular flexibility index (Phi) is 4.06. The monoisotopic (exact) mass is 276 g/mol. The van der Waals surface area contributed by atoms with Gasteiger partial charge in [0.05, 0.1) is 0 Å². The third-order valence-corrected chi connectivity index (χ3v) is 3.76. The Morgan fingerprint density at radius 1 is 1.30 bits per heavy atom. The number of hydrogen-bond acceptors (Lipinski definition) is 4. The van der Waals surface area contributed by atoms with Crippen LogP contribution in [-0.4, -0.2) is 22.6 Å². The molecule has 2 N–H and O–H groups in total. The predicted molar refractivity (Wildman–Crippen MR) is 76.2 cm³/mol. The summed E-state index contributed by atoms with van der Waals surface area (Å²) in [6.45, 7) is 4.27. The van der Waals surface area contributed by atoms with E-state index in [0.717, 1.165) is 12.1 Å². The van der Waals surface area contributed by atoms with Gasteiger partial charge < -0.3 is 5.11 Å². The van der Waals surface area contributed by atoms with Crippen LogP contribution in [0, 0.1) is 5.41 Å². The number of carboxylic acid groups (broad SMARTS) is 1. The standard InChI is InChI=1S/C15H20N2O3/c1-15(2)8-7-13(18)12(9-15)17-16-11-5-3-10(4-6-11)14(19)20/h3,5,16H,4,6-9H2,1-2H3,(H,19,20)/b17-12-. The molecule has 0 radical (unpaired) electrons. The fourth-order valence-electron chi connectivity index (χ4n) is 2.39. The zero-order valence-corrected chi connectivity index (χ0v) is 11.9. The molecule has 0 aromatic heterocycles. The lowest BCUT2D eigenvalue weighted by molar-refractivity contribution is -0.132. The largest absolute Gasteiger partial charge is 0.478 e. The molecule has 0 spiro atoms. The minimum Gasteiger partial charge on any atom is -0.478 e. The molecule has 0 atom stereocenters. The molecule has 0 aromatic rings. The number of allylic oxidation sites excluding steroid dienone is 3. The van der Waals surface area contributed by atoms with Crippen LogP contribution in [0.5, 0.6) is 0 Å². The zero-order valence-electron chi connectivity index (χ0n) is 11.9. The Hall–Kier alpha value is -1.91. The molecule has 0 unspecified atom stereocenters. The number of hydrazone groups is 1. The fourth-order valence-corrected chi connectivity index (χ4v) is 2.39. The first-order valence-electron chi connectivity index (χ1n) is 6.86. The van der Waals surface area contributed by atoms with Crippen LogP contribution in [-0.2, 0) is 9.59 Å². The number of carboxylic acids is 1. The summed E-state index contributed by atoms with van der Waals surface area (Å²) in [4.78, 5) is 22.6. The van der Waals surface area contributed by atoms with Crippen LogP contribution < -0.4 is 5.43 Å². The molecule has 2 aliphatic carbocycles. The SMILES string of the molecule is CC1(C)CCC(=O)/C(=N\NC2=CC=C(C(=O)O)CC2)C1. The van der Waals surface area contributed by atoms with E-state index in [4.69, 9.17) is 5.11 Å². The highest BCUT2D eigenvalue weighted by Crippen LogP contribution is 2.32. The number of ketones is 1. The van der Waals surface area contributed by atoms with Gasteiger partial charge in [-0.25, -0.2) is 4.79 Å². The smallest absolute Gasteiger partial charge is 0.331 e. The van der Waals surface area contributed by atoms with Gasteiger partial charge in [0.25, 0.3) is 0 Å². The van der Waals surface area contributed by atoms with Gasteiger partial charge in [-0.05, 0) is 30.8 Å². The quantitative estimate of drug-likeness (QED) is 0.776. The van der Waals surface area contributed by atoms with Crippen LogP contribution in [0.3, 0.4) is 0 Å². The number of carbonyl (C=O) groups excluding carboxylic acids is 1. The van der Waals surface area contributed by atoms with E-state index in [1.54, 1.807) is 12.2 Å². The van der Waals surface area contributed by atoms with Crippen molar-refractivity contribution in [1.29, 1.82) is 0 Å². The molecule has 0 aromatic carbocycles. The summed E-state index contributed by atoms with van der Waals surface area (Å²) >= 11 is 0. The molecule has 2 rings (SSSR count). The van der Waals surface area contributed by atoms with Crippen LogP contribution in [0.25, 0.3) is 0 Å². The molecule has 2 aliphatic rings. The van der Waals surface area contributed by atoms with E-state index in [1.807, 2.05) is 0 Å². The Morgan fingerprint density at radius 2 is 2.05 bits per heavy atom. The minimum atomic E-state index is -0.879. The van der Waals surface area contributed by atoms with Gasteiger partial charge in [0.1, 0.15) is 5.71 Å². The lowest BCUT2D eigenvalue weighted by Crippen LogP contribution is -2.31. The lowest BCUT2D eigenvalue weighted by atomic mass is 9.76. The maximum atomic E-state index is 11.8. The summed E-state index contributed by atoms with van der Waals surface area (Å²) in [5, 5.41) is 13.1. The van der Waals surface area contributed by atoms with E-state index in [2.05, 4.69) is 24.4 Å². The van der Waals surface area contributed by atoms with Gasteiger partial charge in [-0.15, -0.1) is 0 Å². The maximum absolute atomic E-state index is 11.8. The molecule has 0 aliphatic heterocycles. The summed E-state index contributed by atoms with van der Waals surface area (Å²) in [6.07, 6.45) is 6.53. The first-order chi connectivity index (χ1) is 9.37. The van der Waals surface area contributed by atoms with Gasteiger partial charge in [-0.1, -0.05) is 19.9 Å². The van der Waals surface area contributed by atoms with E-state index in [9.17, 15) is 9.59 Å². The second-order valence-electron chi connectivity index (χ2n) is 6.12. The van der Waals surface area contributed by atoms with E-state index in [-0.39, 0.29) is 11.2 Å². The van der Waals surface area contributed by atoms with Crippen LogP contribution in [0.2, 0.25) is 0 Å². The van der Waals surface area contributed by atoms with Gasteiger partial charge in [-0.2, -0.15) is 5.10 Å². The van der Waals surface area contributed by atoms with Crippen molar-refractivity contribution in [2.45, 2.75) is 46.0 Å². The van der Waals surface area contributed by atoms with Gasteiger partial charge in [0.15, 0.2) is 5.78 Å². The molecule has 0 amide bonds. The van der Waals surface area contributed by atoms with Crippen molar-refractivity contribution in [3.8, 4) is 0 Å². The highest BCUT2D eigenvalue weighted by atomic mass is 16.4. The van der Waals surface area contributed by atoms with Crippen molar-refractivity contribution in [1.82, 2.24) is 5.43 Å². The summed E-state index contributed by atoms with van der Waals surface area (Å²) in [7, 11) is 0. The highest BCUT2D eigenvalue weighted by Gasteiger charge is 2.30. The molecule has 1 saturated carbocycles. The highest BCUT2D eigenvalue weighted by molar-refractivity contribution is 6.40. The van der Waals surface area contributed by atoms with Crippen molar-refractivity contribution in [3.63, 3.8) is 0 Å². The number of hydrogen-bond donors (Lipinski definition) is 2. The number of aliphatic carboxylic acids is 1. The molecule has 5 heteroatoms. The fraction of sp³-hybridized carbons (Fsp3) is 0.533. The van der Waals surface area contributed by atoms with Crippen molar-refractivity contribution >= 4 is 17.5 Å². The Bertz CT molecular complexity index is 527. The van der Waals surface area contributed by atoms with Crippen molar-refractivity contribution in [3.05, 3.63) is 23.4 Å². The number of Topliss-reactive ketones (excluding diaryl/α,β-unsaturated/α-hetero) is 1. The molecule has 20 heavy (non-hydrogen) atoms. The first-order valence-corrected chi connectivity index (χ1v) is 6.86. The second kappa shape index (κ2) is 5.61. The van der Waals surface area contributed by atoms with Crippen molar-refractivity contribution < 1.29 is 14.7 Å². The normalized spacial score (nSPS) is 24.1. The van der Waals surface area contributed by atoms with E-state index >= 15 is 0 Å². The summed E-state index contributed by atoms with van der Waals surface area (Å²) in [5.74, 6) is -0.772. The van der Waals surface area contributed by atoms with Crippen molar-refractivity contribution in [2.24, 2.45) is 10.5 Å².